The summed E-state index contributed by atoms with van der Waals surface area (Å²) < 4.78 is 5.77. The number of rotatable bonds is 7. The number of thioether (sulfide) groups is 1. The summed E-state index contributed by atoms with van der Waals surface area (Å²) in [4.78, 5) is 0. The highest BCUT2D eigenvalue weighted by molar-refractivity contribution is 7.99. The van der Waals surface area contributed by atoms with Gasteiger partial charge in [-0.25, -0.2) is 0 Å². The van der Waals surface area contributed by atoms with Crippen LogP contribution in [0.25, 0.3) is 0 Å². The Morgan fingerprint density at radius 2 is 2.10 bits per heavy atom. The van der Waals surface area contributed by atoms with E-state index in [0.29, 0.717) is 6.10 Å². The topological polar surface area (TPSA) is 41.5 Å². The predicted molar refractivity (Wildman–Crippen MR) is 86.4 cm³/mol. The van der Waals surface area contributed by atoms with E-state index in [4.69, 9.17) is 4.74 Å². The van der Waals surface area contributed by atoms with Crippen molar-refractivity contribution in [1.82, 2.24) is 5.32 Å². The Hall–Kier alpha value is 0.230. The van der Waals surface area contributed by atoms with Crippen molar-refractivity contribution in [2.45, 2.75) is 63.0 Å². The standard InChI is InChI=1S/C16H31NO2S/c1-19-15(14-6-3-2-4-7-14)12-17-16(9-10-18)8-5-11-20-13-16/h14-15,17-18H,2-13H2,1H3. The summed E-state index contributed by atoms with van der Waals surface area (Å²) in [5.74, 6) is 3.13. The lowest BCUT2D eigenvalue weighted by molar-refractivity contribution is 0.0293. The van der Waals surface area contributed by atoms with Crippen LogP contribution in [-0.4, -0.2) is 48.5 Å². The van der Waals surface area contributed by atoms with Gasteiger partial charge in [0.05, 0.1) is 6.10 Å². The van der Waals surface area contributed by atoms with E-state index in [1.54, 1.807) is 0 Å². The molecule has 1 saturated heterocycles. The van der Waals surface area contributed by atoms with E-state index in [1.807, 2.05) is 18.9 Å². The number of ether oxygens (including phenoxy) is 1. The number of aliphatic hydroxyl groups is 1. The molecule has 0 aromatic carbocycles. The van der Waals surface area contributed by atoms with Gasteiger partial charge in [-0.1, -0.05) is 19.3 Å². The van der Waals surface area contributed by atoms with Crippen molar-refractivity contribution in [1.29, 1.82) is 0 Å². The zero-order valence-electron chi connectivity index (χ0n) is 12.9. The highest BCUT2D eigenvalue weighted by atomic mass is 32.2. The molecule has 0 aromatic rings. The summed E-state index contributed by atoms with van der Waals surface area (Å²) >= 11 is 2.02. The van der Waals surface area contributed by atoms with Gasteiger partial charge in [0.2, 0.25) is 0 Å². The molecule has 0 radical (unpaired) electrons. The molecule has 3 nitrogen and oxygen atoms in total. The highest BCUT2D eigenvalue weighted by Gasteiger charge is 2.33. The molecule has 0 aromatic heterocycles. The predicted octanol–water partition coefficient (Wildman–Crippen LogP) is 2.82. The molecule has 1 saturated carbocycles. The van der Waals surface area contributed by atoms with Crippen molar-refractivity contribution < 1.29 is 9.84 Å². The summed E-state index contributed by atoms with van der Waals surface area (Å²) in [5.41, 5.74) is 0.142. The van der Waals surface area contributed by atoms with Crippen LogP contribution >= 0.6 is 11.8 Å². The Bertz CT molecular complexity index is 258. The van der Waals surface area contributed by atoms with Gasteiger partial charge < -0.3 is 15.2 Å². The van der Waals surface area contributed by atoms with Crippen molar-refractivity contribution in [3.63, 3.8) is 0 Å². The molecule has 0 bridgehead atoms. The van der Waals surface area contributed by atoms with Crippen molar-refractivity contribution in [2.24, 2.45) is 5.92 Å². The molecule has 2 unspecified atom stereocenters. The van der Waals surface area contributed by atoms with Crippen LogP contribution in [0.3, 0.4) is 0 Å². The minimum Gasteiger partial charge on any atom is -0.396 e. The maximum Gasteiger partial charge on any atom is 0.0723 e. The summed E-state index contributed by atoms with van der Waals surface area (Å²) in [5, 5.41) is 13.2. The molecule has 118 valence electrons. The molecule has 2 atom stereocenters. The first-order chi connectivity index (χ1) is 9.79. The number of methoxy groups -OCH3 is 1. The van der Waals surface area contributed by atoms with Crippen LogP contribution in [0.1, 0.15) is 51.4 Å². The second-order valence-electron chi connectivity index (χ2n) is 6.46. The van der Waals surface area contributed by atoms with Gasteiger partial charge in [-0.15, -0.1) is 0 Å². The lowest BCUT2D eigenvalue weighted by atomic mass is 9.84. The van der Waals surface area contributed by atoms with Gasteiger partial charge >= 0.3 is 0 Å². The third-order valence-corrected chi connectivity index (χ3v) is 6.40. The molecular formula is C16H31NO2S. The number of hydrogen-bond donors (Lipinski definition) is 2. The van der Waals surface area contributed by atoms with Gasteiger partial charge in [0, 0.05) is 31.6 Å². The molecule has 0 spiro atoms. The monoisotopic (exact) mass is 301 g/mol. The second kappa shape index (κ2) is 8.62. The Balaban J connectivity index is 1.85. The average Bonchev–Trinajstić information content (AvgIpc) is 2.50. The van der Waals surface area contributed by atoms with Gasteiger partial charge in [-0.3, -0.25) is 0 Å². The number of hydrogen-bond acceptors (Lipinski definition) is 4. The molecule has 2 aliphatic rings. The first kappa shape index (κ1) is 16.6. The maximum absolute atomic E-state index is 9.37. The maximum atomic E-state index is 9.37. The van der Waals surface area contributed by atoms with E-state index in [-0.39, 0.29) is 12.1 Å². The van der Waals surface area contributed by atoms with Gasteiger partial charge in [0.1, 0.15) is 0 Å². The second-order valence-corrected chi connectivity index (χ2v) is 7.57. The SMILES string of the molecule is COC(CNC1(CCO)CCCSC1)C1CCCCC1. The van der Waals surface area contributed by atoms with Crippen LogP contribution in [0.4, 0.5) is 0 Å². The minimum atomic E-state index is 0.142. The quantitative estimate of drug-likeness (QED) is 0.759. The molecule has 4 heteroatoms. The molecule has 1 aliphatic carbocycles. The van der Waals surface area contributed by atoms with Gasteiger partial charge in [-0.05, 0) is 43.8 Å². The summed E-state index contributed by atoms with van der Waals surface area (Å²) in [6.45, 7) is 1.23. The van der Waals surface area contributed by atoms with Crippen LogP contribution in [0, 0.1) is 5.92 Å². The Labute approximate surface area is 128 Å². The molecule has 0 amide bonds. The Morgan fingerprint density at radius 3 is 2.70 bits per heavy atom. The molecular weight excluding hydrogens is 270 g/mol. The average molecular weight is 301 g/mol. The van der Waals surface area contributed by atoms with Crippen LogP contribution in [0.2, 0.25) is 0 Å². The Morgan fingerprint density at radius 1 is 1.30 bits per heavy atom. The third kappa shape index (κ3) is 4.62. The molecule has 2 rings (SSSR count). The summed E-state index contributed by atoms with van der Waals surface area (Å²) in [7, 11) is 1.86. The zero-order valence-corrected chi connectivity index (χ0v) is 13.7. The molecule has 20 heavy (non-hydrogen) atoms. The lowest BCUT2D eigenvalue weighted by Gasteiger charge is -2.40. The van der Waals surface area contributed by atoms with E-state index in [1.165, 1.54) is 50.7 Å². The van der Waals surface area contributed by atoms with E-state index >= 15 is 0 Å². The van der Waals surface area contributed by atoms with Crippen molar-refractivity contribution >= 4 is 11.8 Å². The van der Waals surface area contributed by atoms with Crippen LogP contribution in [0.5, 0.6) is 0 Å². The van der Waals surface area contributed by atoms with E-state index in [9.17, 15) is 5.11 Å². The zero-order chi connectivity index (χ0) is 14.3. The smallest absolute Gasteiger partial charge is 0.0723 e. The van der Waals surface area contributed by atoms with Crippen molar-refractivity contribution in [3.05, 3.63) is 0 Å². The molecule has 2 N–H and O–H groups in total. The molecule has 2 fully saturated rings. The van der Waals surface area contributed by atoms with Gasteiger partial charge in [-0.2, -0.15) is 11.8 Å². The normalized spacial score (nSPS) is 30.3. The largest absolute Gasteiger partial charge is 0.396 e. The molecule has 1 aliphatic heterocycles. The molecule has 1 heterocycles. The third-order valence-electron chi connectivity index (χ3n) is 5.07. The van der Waals surface area contributed by atoms with Crippen molar-refractivity contribution in [3.8, 4) is 0 Å². The van der Waals surface area contributed by atoms with E-state index < -0.39 is 0 Å². The van der Waals surface area contributed by atoms with Crippen LogP contribution in [-0.2, 0) is 4.74 Å². The lowest BCUT2D eigenvalue weighted by Crippen LogP contribution is -2.53. The fourth-order valence-corrected chi connectivity index (χ4v) is 5.03. The van der Waals surface area contributed by atoms with Gasteiger partial charge in [0.15, 0.2) is 0 Å². The Kier molecular flexibility index (Phi) is 7.15. The number of aliphatic hydroxyl groups excluding tert-OH is 1. The van der Waals surface area contributed by atoms with E-state index in [2.05, 4.69) is 5.32 Å². The van der Waals surface area contributed by atoms with Crippen molar-refractivity contribution in [2.75, 3.05) is 31.8 Å². The van der Waals surface area contributed by atoms with Crippen LogP contribution < -0.4 is 5.32 Å². The fourth-order valence-electron chi connectivity index (χ4n) is 3.76. The summed E-state index contributed by atoms with van der Waals surface area (Å²) in [6, 6.07) is 0. The van der Waals surface area contributed by atoms with E-state index in [0.717, 1.165) is 24.6 Å². The minimum absolute atomic E-state index is 0.142. The summed E-state index contributed by atoms with van der Waals surface area (Å²) in [6.07, 6.45) is 10.4. The number of nitrogens with one attached hydrogen (secondary N) is 1. The van der Waals surface area contributed by atoms with Crippen LogP contribution in [0.15, 0.2) is 0 Å². The first-order valence-corrected chi connectivity index (χ1v) is 9.41. The fraction of sp³-hybridized carbons (Fsp3) is 1.00. The highest BCUT2D eigenvalue weighted by Crippen LogP contribution is 2.31. The first-order valence-electron chi connectivity index (χ1n) is 8.26. The van der Waals surface area contributed by atoms with Gasteiger partial charge in [0.25, 0.3) is 0 Å².